The standard InChI is InChI=1S/C24H23N3O4/c1-17(24(29)26-20-9-10-21-22(13-20)31-16-30-21)27(15-19-8-5-11-25-14-19)23(28)12-18-6-3-2-4-7-18/h2-11,13-14,17H,12,15-16H2,1H3,(H,26,29)/t17-/m0/s1. The summed E-state index contributed by atoms with van der Waals surface area (Å²) in [6.45, 7) is 2.17. The van der Waals surface area contributed by atoms with Gasteiger partial charge in [0.05, 0.1) is 6.42 Å². The van der Waals surface area contributed by atoms with Crippen molar-refractivity contribution in [3.63, 3.8) is 0 Å². The fourth-order valence-electron chi connectivity index (χ4n) is 3.36. The highest BCUT2D eigenvalue weighted by Gasteiger charge is 2.27. The average molecular weight is 417 g/mol. The van der Waals surface area contributed by atoms with Crippen LogP contribution in [0.4, 0.5) is 5.69 Å². The Morgan fingerprint density at radius 3 is 2.58 bits per heavy atom. The highest BCUT2D eigenvalue weighted by atomic mass is 16.7. The molecule has 0 radical (unpaired) electrons. The average Bonchev–Trinajstić information content (AvgIpc) is 3.26. The number of carbonyl (C=O) groups is 2. The van der Waals surface area contributed by atoms with Crippen molar-refractivity contribution < 1.29 is 19.1 Å². The van der Waals surface area contributed by atoms with E-state index in [-0.39, 0.29) is 31.6 Å². The molecule has 4 rings (SSSR count). The molecule has 7 nitrogen and oxygen atoms in total. The predicted octanol–water partition coefficient (Wildman–Crippen LogP) is 3.41. The fourth-order valence-corrected chi connectivity index (χ4v) is 3.36. The first-order valence-electron chi connectivity index (χ1n) is 10.0. The number of fused-ring (bicyclic) bond motifs is 1. The molecule has 3 aromatic rings. The summed E-state index contributed by atoms with van der Waals surface area (Å²) < 4.78 is 10.7. The highest BCUT2D eigenvalue weighted by Crippen LogP contribution is 2.34. The van der Waals surface area contributed by atoms with Crippen LogP contribution in [0, 0.1) is 0 Å². The van der Waals surface area contributed by atoms with E-state index in [0.717, 1.165) is 11.1 Å². The Labute approximate surface area is 180 Å². The molecule has 1 aliphatic rings. The normalized spacial score (nSPS) is 12.8. The van der Waals surface area contributed by atoms with Gasteiger partial charge in [-0.25, -0.2) is 0 Å². The molecule has 1 atom stereocenters. The molecule has 1 aliphatic heterocycles. The first-order chi connectivity index (χ1) is 15.1. The Bertz CT molecular complexity index is 1060. The van der Waals surface area contributed by atoms with E-state index in [9.17, 15) is 9.59 Å². The molecular formula is C24H23N3O4. The number of nitrogens with one attached hydrogen (secondary N) is 1. The summed E-state index contributed by atoms with van der Waals surface area (Å²) in [5.74, 6) is 0.799. The summed E-state index contributed by atoms with van der Waals surface area (Å²) in [6, 6.07) is 17.7. The van der Waals surface area contributed by atoms with Gasteiger partial charge < -0.3 is 19.7 Å². The molecule has 1 N–H and O–H groups in total. The zero-order valence-corrected chi connectivity index (χ0v) is 17.2. The molecule has 0 aliphatic carbocycles. The van der Waals surface area contributed by atoms with Gasteiger partial charge in [-0.2, -0.15) is 0 Å². The smallest absolute Gasteiger partial charge is 0.246 e. The van der Waals surface area contributed by atoms with Gasteiger partial charge in [0, 0.05) is 30.7 Å². The maximum absolute atomic E-state index is 13.2. The van der Waals surface area contributed by atoms with Crippen LogP contribution < -0.4 is 14.8 Å². The molecule has 0 unspecified atom stereocenters. The molecule has 2 heterocycles. The second kappa shape index (κ2) is 9.30. The number of amides is 2. The Balaban J connectivity index is 1.51. The number of anilines is 1. The second-order valence-corrected chi connectivity index (χ2v) is 7.28. The summed E-state index contributed by atoms with van der Waals surface area (Å²) in [4.78, 5) is 31.9. The molecule has 2 aromatic carbocycles. The maximum atomic E-state index is 13.2. The van der Waals surface area contributed by atoms with Crippen molar-refractivity contribution in [2.45, 2.75) is 25.9 Å². The summed E-state index contributed by atoms with van der Waals surface area (Å²) in [7, 11) is 0. The van der Waals surface area contributed by atoms with Crippen molar-refractivity contribution in [2.75, 3.05) is 12.1 Å². The van der Waals surface area contributed by atoms with Crippen molar-refractivity contribution in [3.05, 3.63) is 84.2 Å². The van der Waals surface area contributed by atoms with Gasteiger partial charge in [-0.05, 0) is 36.2 Å². The lowest BCUT2D eigenvalue weighted by Crippen LogP contribution is -2.45. The minimum Gasteiger partial charge on any atom is -0.454 e. The summed E-state index contributed by atoms with van der Waals surface area (Å²) in [5.41, 5.74) is 2.33. The molecule has 158 valence electrons. The molecule has 7 heteroatoms. The van der Waals surface area contributed by atoms with E-state index < -0.39 is 6.04 Å². The Kier molecular flexibility index (Phi) is 6.12. The predicted molar refractivity (Wildman–Crippen MR) is 116 cm³/mol. The SMILES string of the molecule is C[C@@H](C(=O)Nc1ccc2c(c1)OCO2)N(Cc1cccnc1)C(=O)Cc1ccccc1. The van der Waals surface area contributed by atoms with Gasteiger partial charge in [0.2, 0.25) is 18.6 Å². The van der Waals surface area contributed by atoms with Crippen molar-refractivity contribution in [1.82, 2.24) is 9.88 Å². The van der Waals surface area contributed by atoms with Crippen molar-refractivity contribution in [2.24, 2.45) is 0 Å². The fraction of sp³-hybridized carbons (Fsp3) is 0.208. The van der Waals surface area contributed by atoms with Gasteiger partial charge in [0.15, 0.2) is 11.5 Å². The molecular weight excluding hydrogens is 394 g/mol. The number of ether oxygens (including phenoxy) is 2. The highest BCUT2D eigenvalue weighted by molar-refractivity contribution is 5.97. The number of benzene rings is 2. The molecule has 0 saturated carbocycles. The third-order valence-electron chi connectivity index (χ3n) is 5.08. The first-order valence-corrected chi connectivity index (χ1v) is 10.0. The van der Waals surface area contributed by atoms with Crippen LogP contribution in [0.15, 0.2) is 73.1 Å². The van der Waals surface area contributed by atoms with Crippen molar-refractivity contribution in [3.8, 4) is 11.5 Å². The molecule has 0 bridgehead atoms. The Morgan fingerprint density at radius 1 is 1.03 bits per heavy atom. The monoisotopic (exact) mass is 417 g/mol. The lowest BCUT2D eigenvalue weighted by molar-refractivity contribution is -0.138. The van der Waals surface area contributed by atoms with Gasteiger partial charge in [0.25, 0.3) is 0 Å². The quantitative estimate of drug-likeness (QED) is 0.637. The number of rotatable bonds is 7. The van der Waals surface area contributed by atoms with Gasteiger partial charge in [-0.1, -0.05) is 36.4 Å². The summed E-state index contributed by atoms with van der Waals surface area (Å²) in [6.07, 6.45) is 3.59. The van der Waals surface area contributed by atoms with E-state index in [4.69, 9.17) is 9.47 Å². The number of nitrogens with zero attached hydrogens (tertiary/aromatic N) is 2. The Morgan fingerprint density at radius 2 is 1.81 bits per heavy atom. The maximum Gasteiger partial charge on any atom is 0.246 e. The van der Waals surface area contributed by atoms with Crippen LogP contribution in [-0.4, -0.2) is 34.5 Å². The Hall–Kier alpha value is -3.87. The van der Waals surface area contributed by atoms with Crippen LogP contribution >= 0.6 is 0 Å². The third kappa shape index (κ3) is 5.01. The van der Waals surface area contributed by atoms with E-state index in [1.165, 1.54) is 0 Å². The van der Waals surface area contributed by atoms with Gasteiger partial charge in [-0.3, -0.25) is 14.6 Å². The minimum atomic E-state index is -0.693. The van der Waals surface area contributed by atoms with E-state index in [2.05, 4.69) is 10.3 Å². The molecule has 0 saturated heterocycles. The van der Waals surface area contributed by atoms with Crippen LogP contribution in [0.5, 0.6) is 11.5 Å². The number of carbonyl (C=O) groups excluding carboxylic acids is 2. The van der Waals surface area contributed by atoms with Crippen LogP contribution in [0.3, 0.4) is 0 Å². The number of pyridine rings is 1. The zero-order chi connectivity index (χ0) is 21.6. The van der Waals surface area contributed by atoms with E-state index >= 15 is 0 Å². The van der Waals surface area contributed by atoms with Crippen LogP contribution in [0.1, 0.15) is 18.1 Å². The molecule has 1 aromatic heterocycles. The van der Waals surface area contributed by atoms with Crippen LogP contribution in [0.2, 0.25) is 0 Å². The van der Waals surface area contributed by atoms with Crippen molar-refractivity contribution in [1.29, 1.82) is 0 Å². The van der Waals surface area contributed by atoms with Gasteiger partial charge >= 0.3 is 0 Å². The minimum absolute atomic E-state index is 0.136. The number of hydrogen-bond donors (Lipinski definition) is 1. The van der Waals surface area contributed by atoms with E-state index in [0.29, 0.717) is 17.2 Å². The molecule has 2 amide bonds. The van der Waals surface area contributed by atoms with Crippen LogP contribution in [0.25, 0.3) is 0 Å². The largest absolute Gasteiger partial charge is 0.454 e. The van der Waals surface area contributed by atoms with Gasteiger partial charge in [-0.15, -0.1) is 0 Å². The number of hydrogen-bond acceptors (Lipinski definition) is 5. The summed E-state index contributed by atoms with van der Waals surface area (Å²) >= 11 is 0. The lowest BCUT2D eigenvalue weighted by Gasteiger charge is -2.29. The summed E-state index contributed by atoms with van der Waals surface area (Å²) in [5, 5.41) is 2.87. The molecule has 31 heavy (non-hydrogen) atoms. The van der Waals surface area contributed by atoms with Crippen LogP contribution in [-0.2, 0) is 22.6 Å². The first kappa shape index (κ1) is 20.4. The lowest BCUT2D eigenvalue weighted by atomic mass is 10.1. The van der Waals surface area contributed by atoms with E-state index in [1.807, 2.05) is 42.5 Å². The molecule has 0 spiro atoms. The zero-order valence-electron chi connectivity index (χ0n) is 17.2. The number of aromatic nitrogens is 1. The van der Waals surface area contributed by atoms with Gasteiger partial charge in [0.1, 0.15) is 6.04 Å². The third-order valence-corrected chi connectivity index (χ3v) is 5.08. The van der Waals surface area contributed by atoms with Crippen molar-refractivity contribution >= 4 is 17.5 Å². The molecule has 0 fully saturated rings. The second-order valence-electron chi connectivity index (χ2n) is 7.28. The van der Waals surface area contributed by atoms with E-state index in [1.54, 1.807) is 42.4 Å². The topological polar surface area (TPSA) is 80.8 Å².